The number of alkyl carbamates (subject to hydrolysis) is 1. The number of phenols is 1. The number of para-hydroxylation sites is 2. The number of carbonyl (C=O) groups excluding carboxylic acids is 3. The first-order chi connectivity index (χ1) is 18.2. The number of hydrogen-bond acceptors (Lipinski definition) is 5. The normalized spacial score (nSPS) is 13.5. The third-order valence-corrected chi connectivity index (χ3v) is 6.67. The lowest BCUT2D eigenvalue weighted by Crippen LogP contribution is -2.54. The SMILES string of the molecule is C=CCN(C(=O)C(NC(=O)OC(C)(C)C)C(C)CC)C(C(=O)Nc1c(C)cccc1Cl)c1cccc(C)c1O. The second kappa shape index (κ2) is 13.5. The maximum Gasteiger partial charge on any atom is 0.408 e. The summed E-state index contributed by atoms with van der Waals surface area (Å²) < 4.78 is 5.41. The number of phenolic OH excluding ortho intramolecular Hbond substituents is 1. The highest BCUT2D eigenvalue weighted by Gasteiger charge is 2.39. The highest BCUT2D eigenvalue weighted by molar-refractivity contribution is 6.34. The van der Waals surface area contributed by atoms with E-state index in [-0.39, 0.29) is 23.8 Å². The van der Waals surface area contributed by atoms with Gasteiger partial charge in [-0.3, -0.25) is 9.59 Å². The van der Waals surface area contributed by atoms with Crippen molar-refractivity contribution in [1.29, 1.82) is 0 Å². The number of aromatic hydroxyl groups is 1. The lowest BCUT2D eigenvalue weighted by Gasteiger charge is -2.35. The Morgan fingerprint density at radius 3 is 2.31 bits per heavy atom. The van der Waals surface area contributed by atoms with Crippen LogP contribution in [0.2, 0.25) is 5.02 Å². The summed E-state index contributed by atoms with van der Waals surface area (Å²) in [6, 6.07) is 7.95. The minimum atomic E-state index is -1.27. The summed E-state index contributed by atoms with van der Waals surface area (Å²) in [6.45, 7) is 16.2. The minimum absolute atomic E-state index is 0.0330. The molecule has 0 aliphatic carbocycles. The maximum absolute atomic E-state index is 14.2. The van der Waals surface area contributed by atoms with Gasteiger partial charge in [-0.2, -0.15) is 0 Å². The van der Waals surface area contributed by atoms with E-state index in [2.05, 4.69) is 17.2 Å². The molecule has 3 unspecified atom stereocenters. The molecule has 0 spiro atoms. The number of halogens is 1. The number of benzene rings is 2. The topological polar surface area (TPSA) is 108 Å². The van der Waals surface area contributed by atoms with Crippen LogP contribution in [0.1, 0.15) is 63.8 Å². The third-order valence-electron chi connectivity index (χ3n) is 6.35. The second-order valence-corrected chi connectivity index (χ2v) is 11.0. The molecule has 0 bridgehead atoms. The molecule has 39 heavy (non-hydrogen) atoms. The van der Waals surface area contributed by atoms with E-state index in [0.29, 0.717) is 22.7 Å². The Morgan fingerprint density at radius 1 is 1.13 bits per heavy atom. The molecule has 212 valence electrons. The Bertz CT molecular complexity index is 1190. The smallest absolute Gasteiger partial charge is 0.408 e. The van der Waals surface area contributed by atoms with Crippen LogP contribution in [0, 0.1) is 19.8 Å². The zero-order chi connectivity index (χ0) is 29.5. The van der Waals surface area contributed by atoms with Gasteiger partial charge < -0.3 is 25.4 Å². The summed E-state index contributed by atoms with van der Waals surface area (Å²) in [5.74, 6) is -1.51. The molecular weight excluding hydrogens is 518 g/mol. The van der Waals surface area contributed by atoms with Crippen molar-refractivity contribution in [3.63, 3.8) is 0 Å². The van der Waals surface area contributed by atoms with E-state index in [0.717, 1.165) is 5.56 Å². The van der Waals surface area contributed by atoms with E-state index in [1.807, 2.05) is 13.8 Å². The standard InChI is InChI=1S/C30H40ClN3O5/c1-9-17-34(28(37)24(18(3)10-2)33-29(38)39-30(6,7)8)25(21-15-11-14-20(5)26(21)35)27(36)32-23-19(4)13-12-16-22(23)31/h9,11-16,18,24-25,35H,1,10,17H2,2-8H3,(H,32,36)(H,33,38). The molecule has 0 radical (unpaired) electrons. The van der Waals surface area contributed by atoms with E-state index in [1.54, 1.807) is 71.0 Å². The van der Waals surface area contributed by atoms with E-state index in [9.17, 15) is 19.5 Å². The molecule has 0 aliphatic rings. The van der Waals surface area contributed by atoms with Gasteiger partial charge in [-0.1, -0.05) is 68.3 Å². The maximum atomic E-state index is 14.2. The first-order valence-electron chi connectivity index (χ1n) is 13.0. The Morgan fingerprint density at radius 2 is 1.74 bits per heavy atom. The number of nitrogens with one attached hydrogen (secondary N) is 2. The fourth-order valence-electron chi connectivity index (χ4n) is 4.09. The molecular formula is C30H40ClN3O5. The van der Waals surface area contributed by atoms with Gasteiger partial charge in [-0.15, -0.1) is 6.58 Å². The molecule has 9 heteroatoms. The lowest BCUT2D eigenvalue weighted by molar-refractivity contribution is -0.141. The van der Waals surface area contributed by atoms with Crippen molar-refractivity contribution in [3.8, 4) is 5.75 Å². The van der Waals surface area contributed by atoms with Gasteiger partial charge in [0.25, 0.3) is 5.91 Å². The number of aryl methyl sites for hydroxylation is 2. The van der Waals surface area contributed by atoms with Crippen LogP contribution in [0.3, 0.4) is 0 Å². The van der Waals surface area contributed by atoms with Crippen LogP contribution in [-0.2, 0) is 14.3 Å². The average molecular weight is 558 g/mol. The highest BCUT2D eigenvalue weighted by atomic mass is 35.5. The zero-order valence-corrected chi connectivity index (χ0v) is 24.6. The first kappa shape index (κ1) is 31.7. The number of anilines is 1. The fourth-order valence-corrected chi connectivity index (χ4v) is 4.36. The molecule has 0 heterocycles. The van der Waals surface area contributed by atoms with Crippen LogP contribution >= 0.6 is 11.6 Å². The van der Waals surface area contributed by atoms with Crippen molar-refractivity contribution >= 4 is 35.2 Å². The largest absolute Gasteiger partial charge is 0.507 e. The van der Waals surface area contributed by atoms with Gasteiger partial charge in [0.15, 0.2) is 0 Å². The van der Waals surface area contributed by atoms with Gasteiger partial charge in [0, 0.05) is 12.1 Å². The van der Waals surface area contributed by atoms with Crippen LogP contribution in [0.15, 0.2) is 49.1 Å². The van der Waals surface area contributed by atoms with Crippen LogP contribution in [-0.4, -0.2) is 46.1 Å². The Hall–Kier alpha value is -3.52. The highest BCUT2D eigenvalue weighted by Crippen LogP contribution is 2.35. The van der Waals surface area contributed by atoms with Gasteiger partial charge in [0.2, 0.25) is 5.91 Å². The Labute approximate surface area is 236 Å². The molecule has 2 rings (SSSR count). The van der Waals surface area contributed by atoms with E-state index in [4.69, 9.17) is 16.3 Å². The molecule has 2 aromatic rings. The first-order valence-corrected chi connectivity index (χ1v) is 13.3. The molecule has 0 saturated carbocycles. The molecule has 0 aromatic heterocycles. The molecule has 8 nitrogen and oxygen atoms in total. The number of hydrogen-bond donors (Lipinski definition) is 3. The van der Waals surface area contributed by atoms with Crippen molar-refractivity contribution in [2.45, 2.75) is 72.6 Å². The molecule has 3 atom stereocenters. The molecule has 3 N–H and O–H groups in total. The fraction of sp³-hybridized carbons (Fsp3) is 0.433. The number of ether oxygens (including phenoxy) is 1. The molecule has 0 aliphatic heterocycles. The summed E-state index contributed by atoms with van der Waals surface area (Å²) in [6.07, 6.45) is 1.32. The van der Waals surface area contributed by atoms with Gasteiger partial charge in [-0.25, -0.2) is 4.79 Å². The van der Waals surface area contributed by atoms with Gasteiger partial charge >= 0.3 is 6.09 Å². The summed E-state index contributed by atoms with van der Waals surface area (Å²) in [4.78, 5) is 42.1. The summed E-state index contributed by atoms with van der Waals surface area (Å²) in [5, 5.41) is 16.9. The van der Waals surface area contributed by atoms with E-state index >= 15 is 0 Å². The zero-order valence-electron chi connectivity index (χ0n) is 23.8. The van der Waals surface area contributed by atoms with E-state index in [1.165, 1.54) is 11.0 Å². The number of amides is 3. The second-order valence-electron chi connectivity index (χ2n) is 10.6. The monoisotopic (exact) mass is 557 g/mol. The third kappa shape index (κ3) is 8.23. The minimum Gasteiger partial charge on any atom is -0.507 e. The Balaban J connectivity index is 2.63. The number of rotatable bonds is 10. The van der Waals surface area contributed by atoms with Crippen LogP contribution in [0.25, 0.3) is 0 Å². The van der Waals surface area contributed by atoms with Crippen LogP contribution < -0.4 is 10.6 Å². The van der Waals surface area contributed by atoms with Crippen LogP contribution in [0.4, 0.5) is 10.5 Å². The number of carbonyl (C=O) groups is 3. The summed E-state index contributed by atoms with van der Waals surface area (Å²) >= 11 is 6.38. The molecule has 0 fully saturated rings. The summed E-state index contributed by atoms with van der Waals surface area (Å²) in [5.41, 5.74) is 1.13. The van der Waals surface area contributed by atoms with Crippen molar-refractivity contribution in [2.24, 2.45) is 5.92 Å². The van der Waals surface area contributed by atoms with Gasteiger partial charge in [0.1, 0.15) is 23.4 Å². The van der Waals surface area contributed by atoms with Crippen molar-refractivity contribution < 1.29 is 24.2 Å². The Kier molecular flexibility index (Phi) is 11.0. The quantitative estimate of drug-likeness (QED) is 0.297. The predicted octanol–water partition coefficient (Wildman–Crippen LogP) is 6.30. The lowest BCUT2D eigenvalue weighted by atomic mass is 9.95. The van der Waals surface area contributed by atoms with E-state index < -0.39 is 35.6 Å². The van der Waals surface area contributed by atoms with Gasteiger partial charge in [0.05, 0.1) is 10.7 Å². The van der Waals surface area contributed by atoms with Crippen LogP contribution in [0.5, 0.6) is 5.75 Å². The summed E-state index contributed by atoms with van der Waals surface area (Å²) in [7, 11) is 0. The van der Waals surface area contributed by atoms with Crippen molar-refractivity contribution in [3.05, 3.63) is 70.8 Å². The molecule has 0 saturated heterocycles. The van der Waals surface area contributed by atoms with Crippen molar-refractivity contribution in [1.82, 2.24) is 10.2 Å². The molecule has 3 amide bonds. The predicted molar refractivity (Wildman–Crippen MR) is 155 cm³/mol. The molecule has 2 aromatic carbocycles. The van der Waals surface area contributed by atoms with Gasteiger partial charge in [-0.05, 0) is 57.7 Å². The average Bonchev–Trinajstić information content (AvgIpc) is 2.85. The number of nitrogens with zero attached hydrogens (tertiary/aromatic N) is 1. The van der Waals surface area contributed by atoms with Crippen molar-refractivity contribution in [2.75, 3.05) is 11.9 Å².